The molecule has 2 unspecified atom stereocenters. The summed E-state index contributed by atoms with van der Waals surface area (Å²) in [7, 11) is 0. The van der Waals surface area contributed by atoms with Crippen molar-refractivity contribution >= 4 is 11.9 Å². The second-order valence-electron chi connectivity index (χ2n) is 12.9. The van der Waals surface area contributed by atoms with E-state index in [1.54, 1.807) is 0 Å². The summed E-state index contributed by atoms with van der Waals surface area (Å²) in [5.41, 5.74) is 0. The van der Waals surface area contributed by atoms with Gasteiger partial charge in [-0.2, -0.15) is 0 Å². The molecule has 0 aliphatic carbocycles. The molecule has 4 rings (SSSR count). The van der Waals surface area contributed by atoms with Gasteiger partial charge in [0.25, 0.3) is 0 Å². The number of aliphatic hydroxyl groups is 16. The monoisotopic (exact) mass is 798 g/mol. The van der Waals surface area contributed by atoms with Gasteiger partial charge >= 0.3 is 11.9 Å². The third kappa shape index (κ3) is 8.64. The molecule has 0 spiro atoms. The van der Waals surface area contributed by atoms with Crippen LogP contribution < -0.4 is 0 Å². The molecule has 4 aliphatic heterocycles. The molecule has 16 N–H and O–H groups in total. The highest BCUT2D eigenvalue weighted by Crippen LogP contribution is 2.37. The third-order valence-corrected chi connectivity index (χ3v) is 9.34. The number of ether oxygens (including phenoxy) is 8. The van der Waals surface area contributed by atoms with Crippen molar-refractivity contribution in [3.05, 3.63) is 0 Å². The summed E-state index contributed by atoms with van der Waals surface area (Å²) in [5.74, 6) is -8.54. The SMILES string of the molecule is O=C(OC[C@H]1O[C@H](O[C@]2(CO)O[C@H](CO)[C@@H](O)[C@@H]2O)[C@H](O)[C@@H](O)[C@@H]1O)C(O)C(O)C(=O)OC[C@H]1O[C@H](O[C@]2(CO)O[C@H](CO)[C@@H](O)[C@@H]2O)[C@H](O)[C@@H](O)[C@@H]1O. The zero-order valence-corrected chi connectivity index (χ0v) is 27.9. The number of hydrogen-bond donors (Lipinski definition) is 16. The lowest BCUT2D eigenvalue weighted by atomic mass is 9.98. The van der Waals surface area contributed by atoms with Gasteiger partial charge in [-0.05, 0) is 0 Å². The predicted molar refractivity (Wildman–Crippen MR) is 157 cm³/mol. The van der Waals surface area contributed by atoms with E-state index in [2.05, 4.69) is 0 Å². The maximum absolute atomic E-state index is 12.5. The molecule has 0 aromatic carbocycles. The van der Waals surface area contributed by atoms with E-state index in [0.29, 0.717) is 0 Å². The molecule has 0 aromatic heterocycles. The molecule has 20 atom stereocenters. The van der Waals surface area contributed by atoms with Crippen molar-refractivity contribution in [2.45, 2.75) is 122 Å². The van der Waals surface area contributed by atoms with Crippen molar-refractivity contribution in [3.8, 4) is 0 Å². The van der Waals surface area contributed by atoms with Crippen LogP contribution in [0.1, 0.15) is 0 Å². The standard InChI is InChI=1S/C28H46O26/c29-1-7-13(35)21(43)27(5-31,51-7)53-25-19(41)15(37)11(33)9(49-25)3-47-23(45)17(39)18(40)24(46)48-4-10-12(34)16(38)20(42)26(50-10)54-28(6-32)22(44)14(36)8(2-30)52-28/h7-22,25-26,29-44H,1-6H2/t7-,8-,9-,10-,11-,12-,13-,14-,15+,16+,17?,18?,19-,20-,21+,22+,25-,26-,27+,28+/m1/s1. The lowest BCUT2D eigenvalue weighted by Crippen LogP contribution is -2.63. The molecule has 26 nitrogen and oxygen atoms in total. The first-order valence-electron chi connectivity index (χ1n) is 16.3. The van der Waals surface area contributed by atoms with Gasteiger partial charge in [-0.25, -0.2) is 9.59 Å². The Labute approximate surface area is 303 Å². The molecule has 4 heterocycles. The Bertz CT molecular complexity index is 1150. The van der Waals surface area contributed by atoms with E-state index in [-0.39, 0.29) is 0 Å². The first-order valence-corrected chi connectivity index (χ1v) is 16.3. The fourth-order valence-corrected chi connectivity index (χ4v) is 5.99. The van der Waals surface area contributed by atoms with Crippen LogP contribution in [-0.2, 0) is 47.5 Å². The Morgan fingerprint density at radius 2 is 0.833 bits per heavy atom. The quantitative estimate of drug-likeness (QED) is 0.0684. The van der Waals surface area contributed by atoms with Crippen molar-refractivity contribution in [2.24, 2.45) is 0 Å². The summed E-state index contributed by atoms with van der Waals surface area (Å²) in [6, 6.07) is 0. The Morgan fingerprint density at radius 3 is 1.11 bits per heavy atom. The van der Waals surface area contributed by atoms with E-state index < -0.39 is 173 Å². The van der Waals surface area contributed by atoms with E-state index in [1.807, 2.05) is 0 Å². The lowest BCUT2D eigenvalue weighted by Gasteiger charge is -2.43. The highest BCUT2D eigenvalue weighted by Gasteiger charge is 2.60. The molecule has 0 radical (unpaired) electrons. The fraction of sp³-hybridized carbons (Fsp3) is 0.929. The summed E-state index contributed by atoms with van der Waals surface area (Å²) < 4.78 is 41.1. The predicted octanol–water partition coefficient (Wildman–Crippen LogP) is -12.0. The summed E-state index contributed by atoms with van der Waals surface area (Å²) in [6.07, 6.45) is -36.2. The van der Waals surface area contributed by atoms with E-state index in [1.165, 1.54) is 0 Å². The maximum Gasteiger partial charge on any atom is 0.338 e. The van der Waals surface area contributed by atoms with Crippen LogP contribution >= 0.6 is 0 Å². The molecule has 4 aliphatic rings. The van der Waals surface area contributed by atoms with Gasteiger partial charge < -0.3 is 120 Å². The highest BCUT2D eigenvalue weighted by molar-refractivity contribution is 5.85. The second kappa shape index (κ2) is 18.1. The van der Waals surface area contributed by atoms with Crippen LogP contribution in [0.4, 0.5) is 0 Å². The van der Waals surface area contributed by atoms with Gasteiger partial charge in [0.15, 0.2) is 24.8 Å². The van der Waals surface area contributed by atoms with Crippen molar-refractivity contribution in [2.75, 3.05) is 39.6 Å². The third-order valence-electron chi connectivity index (χ3n) is 9.34. The van der Waals surface area contributed by atoms with Crippen LogP contribution in [0.3, 0.4) is 0 Å². The van der Waals surface area contributed by atoms with E-state index >= 15 is 0 Å². The van der Waals surface area contributed by atoms with Crippen molar-refractivity contribution < 1.29 is 129 Å². The second-order valence-corrected chi connectivity index (χ2v) is 12.9. The Balaban J connectivity index is 1.32. The molecule has 314 valence electrons. The largest absolute Gasteiger partial charge is 0.461 e. The minimum atomic E-state index is -2.71. The number of hydrogen-bond acceptors (Lipinski definition) is 26. The maximum atomic E-state index is 12.5. The number of carbonyl (C=O) groups is 2. The van der Waals surface area contributed by atoms with Gasteiger partial charge in [-0.3, -0.25) is 0 Å². The average molecular weight is 799 g/mol. The van der Waals surface area contributed by atoms with Crippen LogP contribution in [0.15, 0.2) is 0 Å². The van der Waals surface area contributed by atoms with Crippen LogP contribution in [0.25, 0.3) is 0 Å². The molecule has 4 saturated heterocycles. The molecule has 0 amide bonds. The van der Waals surface area contributed by atoms with Gasteiger partial charge in [0.05, 0.1) is 13.2 Å². The van der Waals surface area contributed by atoms with Gasteiger partial charge in [-0.15, -0.1) is 0 Å². The molecule has 0 saturated carbocycles. The Morgan fingerprint density at radius 1 is 0.500 bits per heavy atom. The van der Waals surface area contributed by atoms with Crippen LogP contribution in [0, 0.1) is 0 Å². The topological polar surface area (TPSA) is 432 Å². The van der Waals surface area contributed by atoms with Crippen molar-refractivity contribution in [1.29, 1.82) is 0 Å². The van der Waals surface area contributed by atoms with E-state index in [9.17, 15) is 91.3 Å². The fourth-order valence-electron chi connectivity index (χ4n) is 5.99. The van der Waals surface area contributed by atoms with Crippen molar-refractivity contribution in [3.63, 3.8) is 0 Å². The normalized spacial score (nSPS) is 46.6. The molecular weight excluding hydrogens is 752 g/mol. The number of aliphatic hydroxyl groups excluding tert-OH is 16. The summed E-state index contributed by atoms with van der Waals surface area (Å²) in [4.78, 5) is 25.0. The van der Waals surface area contributed by atoms with Crippen LogP contribution in [0.5, 0.6) is 0 Å². The van der Waals surface area contributed by atoms with Gasteiger partial charge in [0, 0.05) is 0 Å². The first-order chi connectivity index (χ1) is 25.3. The molecule has 54 heavy (non-hydrogen) atoms. The zero-order chi connectivity index (χ0) is 40.4. The van der Waals surface area contributed by atoms with Crippen molar-refractivity contribution in [1.82, 2.24) is 0 Å². The molecule has 0 aromatic rings. The average Bonchev–Trinajstić information content (AvgIpc) is 3.56. The first kappa shape index (κ1) is 44.8. The number of esters is 2. The van der Waals surface area contributed by atoms with Gasteiger partial charge in [-0.1, -0.05) is 0 Å². The van der Waals surface area contributed by atoms with Gasteiger partial charge in [0.1, 0.15) is 112 Å². The Kier molecular flexibility index (Phi) is 15.0. The number of rotatable bonds is 15. The summed E-state index contributed by atoms with van der Waals surface area (Å²) in [5, 5.41) is 162. The smallest absolute Gasteiger partial charge is 0.338 e. The summed E-state index contributed by atoms with van der Waals surface area (Å²) in [6.45, 7) is -6.21. The minimum Gasteiger partial charge on any atom is -0.461 e. The Hall–Kier alpha value is -1.94. The highest BCUT2D eigenvalue weighted by atomic mass is 16.8. The molecule has 26 heteroatoms. The minimum absolute atomic E-state index is 0.842. The van der Waals surface area contributed by atoms with Crippen LogP contribution in [-0.4, -0.2) is 255 Å². The lowest BCUT2D eigenvalue weighted by molar-refractivity contribution is -0.383. The van der Waals surface area contributed by atoms with Crippen LogP contribution in [0.2, 0.25) is 0 Å². The van der Waals surface area contributed by atoms with Gasteiger partial charge in [0.2, 0.25) is 11.6 Å². The molecule has 4 fully saturated rings. The van der Waals surface area contributed by atoms with E-state index in [0.717, 1.165) is 0 Å². The molecule has 0 bridgehead atoms. The van der Waals surface area contributed by atoms with E-state index in [4.69, 9.17) is 37.9 Å². The zero-order valence-electron chi connectivity index (χ0n) is 27.9. The number of carbonyl (C=O) groups excluding carboxylic acids is 2. The summed E-state index contributed by atoms with van der Waals surface area (Å²) >= 11 is 0. The molecular formula is C28H46O26.